The molecule has 0 aromatic rings. The molecule has 12 heavy (non-hydrogen) atoms. The first-order valence-corrected chi connectivity index (χ1v) is 4.83. The lowest BCUT2D eigenvalue weighted by Gasteiger charge is -2.20. The van der Waals surface area contributed by atoms with Crippen molar-refractivity contribution in [2.45, 2.75) is 46.5 Å². The van der Waals surface area contributed by atoms with Crippen molar-refractivity contribution in [1.82, 2.24) is 0 Å². The zero-order chi connectivity index (χ0) is 9.56. The number of rotatable bonds is 6. The summed E-state index contributed by atoms with van der Waals surface area (Å²) >= 11 is 0. The van der Waals surface area contributed by atoms with Crippen molar-refractivity contribution in [2.24, 2.45) is 11.8 Å². The molecule has 0 spiro atoms. The molecule has 2 heteroatoms. The molecule has 1 N–H and O–H groups in total. The summed E-state index contributed by atoms with van der Waals surface area (Å²) in [5, 5.41) is 8.65. The molecule has 0 aliphatic heterocycles. The van der Waals surface area contributed by atoms with Gasteiger partial charge in [0.15, 0.2) is 0 Å². The highest BCUT2D eigenvalue weighted by molar-refractivity contribution is 5.67. The van der Waals surface area contributed by atoms with Gasteiger partial charge in [0.1, 0.15) is 0 Å². The summed E-state index contributed by atoms with van der Waals surface area (Å²) in [7, 11) is 0. The summed E-state index contributed by atoms with van der Waals surface area (Å²) < 4.78 is 0. The maximum atomic E-state index is 10.5. The van der Waals surface area contributed by atoms with Gasteiger partial charge in [-0.25, -0.2) is 0 Å². The van der Waals surface area contributed by atoms with Gasteiger partial charge in [0.25, 0.3) is 0 Å². The molecule has 0 heterocycles. The zero-order valence-corrected chi connectivity index (χ0v) is 8.34. The van der Waals surface area contributed by atoms with Crippen molar-refractivity contribution < 1.29 is 9.90 Å². The Morgan fingerprint density at radius 2 is 2.00 bits per heavy atom. The maximum Gasteiger partial charge on any atom is 0.303 e. The lowest BCUT2D eigenvalue weighted by atomic mass is 9.86. The predicted molar refractivity (Wildman–Crippen MR) is 50.1 cm³/mol. The molecule has 72 valence electrons. The molecule has 0 saturated heterocycles. The van der Waals surface area contributed by atoms with Crippen molar-refractivity contribution in [3.05, 3.63) is 0 Å². The summed E-state index contributed by atoms with van der Waals surface area (Å²) in [6, 6.07) is 0. The van der Waals surface area contributed by atoms with Crippen LogP contribution in [0.2, 0.25) is 0 Å². The lowest BCUT2D eigenvalue weighted by molar-refractivity contribution is -0.138. The Balaban J connectivity index is 3.93. The second-order valence-electron chi connectivity index (χ2n) is 3.53. The topological polar surface area (TPSA) is 37.3 Å². The summed E-state index contributed by atoms with van der Waals surface area (Å²) in [4.78, 5) is 10.5. The number of aliphatic carboxylic acids is 1. The second-order valence-corrected chi connectivity index (χ2v) is 3.53. The highest BCUT2D eigenvalue weighted by atomic mass is 16.4. The van der Waals surface area contributed by atoms with Gasteiger partial charge in [-0.3, -0.25) is 4.79 Å². The van der Waals surface area contributed by atoms with Gasteiger partial charge in [-0.15, -0.1) is 0 Å². The van der Waals surface area contributed by atoms with Gasteiger partial charge in [-0.05, 0) is 18.3 Å². The third-order valence-corrected chi connectivity index (χ3v) is 2.54. The van der Waals surface area contributed by atoms with Gasteiger partial charge in [0, 0.05) is 6.42 Å². The molecule has 0 radical (unpaired) electrons. The summed E-state index contributed by atoms with van der Waals surface area (Å²) in [5.41, 5.74) is 0. The fraction of sp³-hybridized carbons (Fsp3) is 0.900. The highest BCUT2D eigenvalue weighted by Crippen LogP contribution is 2.23. The molecule has 0 aromatic heterocycles. The molecule has 0 aliphatic rings. The predicted octanol–water partition coefficient (Wildman–Crippen LogP) is 2.92. The number of carboxylic acids is 1. The minimum absolute atomic E-state index is 0.336. The number of hydrogen-bond acceptors (Lipinski definition) is 1. The van der Waals surface area contributed by atoms with Crippen LogP contribution in [0.3, 0.4) is 0 Å². The van der Waals surface area contributed by atoms with Crippen molar-refractivity contribution >= 4 is 5.97 Å². The SMILES string of the molecule is CCCC(CC(=O)O)C(C)CC. The average molecular weight is 172 g/mol. The van der Waals surface area contributed by atoms with Crippen LogP contribution in [0.15, 0.2) is 0 Å². The molecule has 2 unspecified atom stereocenters. The molecular weight excluding hydrogens is 152 g/mol. The molecule has 0 aliphatic carbocycles. The number of hydrogen-bond donors (Lipinski definition) is 1. The van der Waals surface area contributed by atoms with Crippen LogP contribution >= 0.6 is 0 Å². The lowest BCUT2D eigenvalue weighted by Crippen LogP contribution is -2.15. The largest absolute Gasteiger partial charge is 0.481 e. The van der Waals surface area contributed by atoms with Crippen LogP contribution < -0.4 is 0 Å². The van der Waals surface area contributed by atoms with E-state index in [1.807, 2.05) is 0 Å². The molecule has 0 aromatic carbocycles. The van der Waals surface area contributed by atoms with Crippen LogP contribution in [-0.2, 0) is 4.79 Å². The second kappa shape index (κ2) is 6.04. The smallest absolute Gasteiger partial charge is 0.303 e. The van der Waals surface area contributed by atoms with Crippen LogP contribution in [0, 0.1) is 11.8 Å². The molecular formula is C10H20O2. The van der Waals surface area contributed by atoms with Crippen LogP contribution in [0.4, 0.5) is 0 Å². The van der Waals surface area contributed by atoms with E-state index in [4.69, 9.17) is 5.11 Å². The monoisotopic (exact) mass is 172 g/mol. The van der Waals surface area contributed by atoms with Crippen molar-refractivity contribution in [3.63, 3.8) is 0 Å². The standard InChI is InChI=1S/C10H20O2/c1-4-6-9(7-10(11)12)8(3)5-2/h8-9H,4-7H2,1-3H3,(H,11,12). The van der Waals surface area contributed by atoms with E-state index in [2.05, 4.69) is 20.8 Å². The Morgan fingerprint density at radius 3 is 2.33 bits per heavy atom. The van der Waals surface area contributed by atoms with Crippen LogP contribution in [0.5, 0.6) is 0 Å². The summed E-state index contributed by atoms with van der Waals surface area (Å²) in [6.45, 7) is 6.37. The van der Waals surface area contributed by atoms with E-state index in [1.165, 1.54) is 0 Å². The van der Waals surface area contributed by atoms with E-state index in [0.29, 0.717) is 18.3 Å². The molecule has 0 fully saturated rings. The fourth-order valence-corrected chi connectivity index (χ4v) is 1.52. The third kappa shape index (κ3) is 4.37. The maximum absolute atomic E-state index is 10.5. The number of carbonyl (C=O) groups is 1. The van der Waals surface area contributed by atoms with Crippen LogP contribution in [0.1, 0.15) is 46.5 Å². The zero-order valence-electron chi connectivity index (χ0n) is 8.34. The van der Waals surface area contributed by atoms with E-state index in [-0.39, 0.29) is 0 Å². The molecule has 0 bridgehead atoms. The van der Waals surface area contributed by atoms with Crippen LogP contribution in [-0.4, -0.2) is 11.1 Å². The summed E-state index contributed by atoms with van der Waals surface area (Å²) in [6.07, 6.45) is 3.55. The van der Waals surface area contributed by atoms with E-state index < -0.39 is 5.97 Å². The van der Waals surface area contributed by atoms with Crippen molar-refractivity contribution in [1.29, 1.82) is 0 Å². The van der Waals surface area contributed by atoms with E-state index >= 15 is 0 Å². The normalized spacial score (nSPS) is 15.6. The number of carboxylic acid groups (broad SMARTS) is 1. The van der Waals surface area contributed by atoms with Gasteiger partial charge in [0.2, 0.25) is 0 Å². The van der Waals surface area contributed by atoms with Crippen LogP contribution in [0.25, 0.3) is 0 Å². The Hall–Kier alpha value is -0.530. The first-order valence-electron chi connectivity index (χ1n) is 4.83. The van der Waals surface area contributed by atoms with Crippen molar-refractivity contribution in [3.8, 4) is 0 Å². The Labute approximate surface area is 75.0 Å². The quantitative estimate of drug-likeness (QED) is 0.668. The van der Waals surface area contributed by atoms with E-state index in [9.17, 15) is 4.79 Å². The third-order valence-electron chi connectivity index (χ3n) is 2.54. The van der Waals surface area contributed by atoms with Gasteiger partial charge in [-0.2, -0.15) is 0 Å². The highest BCUT2D eigenvalue weighted by Gasteiger charge is 2.17. The summed E-state index contributed by atoms with van der Waals surface area (Å²) in [5.74, 6) is 0.257. The van der Waals surface area contributed by atoms with Gasteiger partial charge in [-0.1, -0.05) is 33.6 Å². The Bertz CT molecular complexity index is 132. The fourth-order valence-electron chi connectivity index (χ4n) is 1.52. The molecule has 2 atom stereocenters. The minimum atomic E-state index is -0.659. The first-order chi connectivity index (χ1) is 5.61. The molecule has 0 amide bonds. The molecule has 0 rings (SSSR count). The molecule has 0 saturated carbocycles. The Morgan fingerprint density at radius 1 is 1.42 bits per heavy atom. The average Bonchev–Trinajstić information content (AvgIpc) is 2.01. The van der Waals surface area contributed by atoms with Gasteiger partial charge < -0.3 is 5.11 Å². The first kappa shape index (κ1) is 11.5. The van der Waals surface area contributed by atoms with E-state index in [0.717, 1.165) is 19.3 Å². The Kier molecular flexibility index (Phi) is 5.77. The van der Waals surface area contributed by atoms with Gasteiger partial charge in [0.05, 0.1) is 0 Å². The van der Waals surface area contributed by atoms with E-state index in [1.54, 1.807) is 0 Å². The molecule has 2 nitrogen and oxygen atoms in total. The minimum Gasteiger partial charge on any atom is -0.481 e. The van der Waals surface area contributed by atoms with Crippen molar-refractivity contribution in [2.75, 3.05) is 0 Å². The van der Waals surface area contributed by atoms with Gasteiger partial charge >= 0.3 is 5.97 Å².